The molecule has 0 saturated carbocycles. The fourth-order valence-electron chi connectivity index (χ4n) is 2.16. The van der Waals surface area contributed by atoms with Crippen LogP contribution in [0.2, 0.25) is 0 Å². The van der Waals surface area contributed by atoms with Crippen LogP contribution in [-0.2, 0) is 4.74 Å². The highest BCUT2D eigenvalue weighted by Gasteiger charge is 2.10. The molecule has 18 heavy (non-hydrogen) atoms. The molecule has 1 aromatic rings. The monoisotopic (exact) mass is 312 g/mol. The summed E-state index contributed by atoms with van der Waals surface area (Å²) in [4.78, 5) is 2.45. The average molecular weight is 313 g/mol. The van der Waals surface area contributed by atoms with Crippen LogP contribution in [0.4, 0.5) is 0 Å². The zero-order valence-corrected chi connectivity index (χ0v) is 12.4. The molecule has 0 spiro atoms. The van der Waals surface area contributed by atoms with E-state index in [1.54, 1.807) is 0 Å². The lowest BCUT2D eigenvalue weighted by Crippen LogP contribution is -2.40. The van der Waals surface area contributed by atoms with Crippen LogP contribution >= 0.6 is 15.9 Å². The van der Waals surface area contributed by atoms with Gasteiger partial charge in [-0.05, 0) is 24.6 Å². The molecule has 3 nitrogen and oxygen atoms in total. The van der Waals surface area contributed by atoms with Crippen LogP contribution in [0.15, 0.2) is 28.7 Å². The summed E-state index contributed by atoms with van der Waals surface area (Å²) in [5.74, 6) is 0. The number of halogens is 1. The van der Waals surface area contributed by atoms with Crippen molar-refractivity contribution in [3.63, 3.8) is 0 Å². The van der Waals surface area contributed by atoms with Crippen molar-refractivity contribution < 1.29 is 4.74 Å². The van der Waals surface area contributed by atoms with Gasteiger partial charge >= 0.3 is 0 Å². The van der Waals surface area contributed by atoms with E-state index in [0.29, 0.717) is 6.04 Å². The normalized spacial score (nSPS) is 18.8. The van der Waals surface area contributed by atoms with Gasteiger partial charge in [0.05, 0.1) is 13.2 Å². The summed E-state index contributed by atoms with van der Waals surface area (Å²) in [5.41, 5.74) is 1.33. The maximum atomic E-state index is 5.34. The van der Waals surface area contributed by atoms with Crippen molar-refractivity contribution in [1.29, 1.82) is 0 Å². The minimum absolute atomic E-state index is 0.392. The average Bonchev–Trinajstić information content (AvgIpc) is 2.40. The summed E-state index contributed by atoms with van der Waals surface area (Å²) >= 11 is 3.51. The van der Waals surface area contributed by atoms with Gasteiger partial charge in [-0.25, -0.2) is 0 Å². The van der Waals surface area contributed by atoms with Crippen LogP contribution in [0.25, 0.3) is 0 Å². The topological polar surface area (TPSA) is 24.5 Å². The van der Waals surface area contributed by atoms with Gasteiger partial charge in [0.15, 0.2) is 0 Å². The molecule has 0 bridgehead atoms. The molecule has 1 atom stereocenters. The highest BCUT2D eigenvalue weighted by Crippen LogP contribution is 2.17. The Morgan fingerprint density at radius 2 is 2.17 bits per heavy atom. The predicted molar refractivity (Wildman–Crippen MR) is 77.8 cm³/mol. The lowest BCUT2D eigenvalue weighted by molar-refractivity contribution is 0.0382. The maximum Gasteiger partial charge on any atom is 0.0594 e. The molecule has 1 aromatic carbocycles. The van der Waals surface area contributed by atoms with E-state index >= 15 is 0 Å². The number of ether oxygens (including phenoxy) is 1. The third-order valence-corrected chi connectivity index (χ3v) is 3.82. The predicted octanol–water partition coefficient (Wildman–Crippen LogP) is 2.43. The minimum atomic E-state index is 0.392. The number of rotatable bonds is 5. The van der Waals surface area contributed by atoms with Crippen molar-refractivity contribution in [3.8, 4) is 0 Å². The van der Waals surface area contributed by atoms with Crippen molar-refractivity contribution in [2.45, 2.75) is 13.0 Å². The molecule has 100 valence electrons. The second kappa shape index (κ2) is 7.24. The molecule has 1 heterocycles. The van der Waals surface area contributed by atoms with Crippen LogP contribution in [0.5, 0.6) is 0 Å². The van der Waals surface area contributed by atoms with Crippen molar-refractivity contribution in [1.82, 2.24) is 10.2 Å². The Kier molecular flexibility index (Phi) is 5.63. The van der Waals surface area contributed by atoms with Gasteiger partial charge in [0.2, 0.25) is 0 Å². The second-order valence-electron chi connectivity index (χ2n) is 4.68. The second-order valence-corrected chi connectivity index (χ2v) is 5.60. The first kappa shape index (κ1) is 14.0. The first-order valence-corrected chi connectivity index (χ1v) is 7.34. The van der Waals surface area contributed by atoms with E-state index in [2.05, 4.69) is 57.3 Å². The van der Waals surface area contributed by atoms with Gasteiger partial charge in [-0.15, -0.1) is 0 Å². The summed E-state index contributed by atoms with van der Waals surface area (Å²) in [7, 11) is 0. The van der Waals surface area contributed by atoms with Crippen molar-refractivity contribution in [2.75, 3.05) is 39.4 Å². The third-order valence-electron chi connectivity index (χ3n) is 3.33. The molecule has 2 rings (SSSR count). The lowest BCUT2D eigenvalue weighted by atomic mass is 10.1. The fraction of sp³-hybridized carbons (Fsp3) is 0.571. The largest absolute Gasteiger partial charge is 0.379 e. The number of hydrogen-bond acceptors (Lipinski definition) is 3. The highest BCUT2D eigenvalue weighted by atomic mass is 79.9. The quantitative estimate of drug-likeness (QED) is 0.903. The first-order valence-electron chi connectivity index (χ1n) is 6.54. The molecule has 1 aliphatic heterocycles. The van der Waals surface area contributed by atoms with Crippen molar-refractivity contribution in [3.05, 3.63) is 34.3 Å². The number of morpholine rings is 1. The lowest BCUT2D eigenvalue weighted by Gasteiger charge is -2.27. The van der Waals surface area contributed by atoms with Gasteiger partial charge in [-0.2, -0.15) is 0 Å². The SMILES string of the molecule is C[C@H](NCCN1CCOCC1)c1cccc(Br)c1. The molecular weight excluding hydrogens is 292 g/mol. The van der Waals surface area contributed by atoms with Crippen LogP contribution in [0.1, 0.15) is 18.5 Å². The van der Waals surface area contributed by atoms with E-state index in [-0.39, 0.29) is 0 Å². The van der Waals surface area contributed by atoms with Gasteiger partial charge in [-0.3, -0.25) is 4.90 Å². The van der Waals surface area contributed by atoms with Crippen LogP contribution in [0.3, 0.4) is 0 Å². The van der Waals surface area contributed by atoms with Gasteiger partial charge in [0, 0.05) is 36.7 Å². The van der Waals surface area contributed by atoms with Gasteiger partial charge in [0.25, 0.3) is 0 Å². The minimum Gasteiger partial charge on any atom is -0.379 e. The Hall–Kier alpha value is -0.420. The molecule has 0 aromatic heterocycles. The Labute approximate surface area is 118 Å². The number of benzene rings is 1. The smallest absolute Gasteiger partial charge is 0.0594 e. The zero-order chi connectivity index (χ0) is 12.8. The Bertz CT molecular complexity index is 367. The molecule has 0 aliphatic carbocycles. The van der Waals surface area contributed by atoms with E-state index in [0.717, 1.165) is 43.9 Å². The molecule has 0 amide bonds. The molecule has 0 radical (unpaired) electrons. The van der Waals surface area contributed by atoms with E-state index in [4.69, 9.17) is 4.74 Å². The van der Waals surface area contributed by atoms with E-state index in [1.807, 2.05) is 0 Å². The van der Waals surface area contributed by atoms with E-state index < -0.39 is 0 Å². The fourth-order valence-corrected chi connectivity index (χ4v) is 2.57. The third kappa shape index (κ3) is 4.35. The van der Waals surface area contributed by atoms with Crippen LogP contribution in [-0.4, -0.2) is 44.3 Å². The summed E-state index contributed by atoms with van der Waals surface area (Å²) in [6, 6.07) is 8.87. The number of nitrogens with one attached hydrogen (secondary N) is 1. The Morgan fingerprint density at radius 3 is 2.89 bits per heavy atom. The molecule has 1 saturated heterocycles. The molecular formula is C14H21BrN2O. The standard InChI is InChI=1S/C14H21BrN2O/c1-12(13-3-2-4-14(15)11-13)16-5-6-17-7-9-18-10-8-17/h2-4,11-12,16H,5-10H2,1H3/t12-/m0/s1. The van der Waals surface area contributed by atoms with Crippen molar-refractivity contribution in [2.24, 2.45) is 0 Å². The summed E-state index contributed by atoms with van der Waals surface area (Å²) in [6.45, 7) is 8.21. The number of nitrogens with zero attached hydrogens (tertiary/aromatic N) is 1. The molecule has 1 N–H and O–H groups in total. The Balaban J connectivity index is 1.72. The molecule has 1 fully saturated rings. The molecule has 0 unspecified atom stereocenters. The van der Waals surface area contributed by atoms with Crippen LogP contribution < -0.4 is 5.32 Å². The van der Waals surface area contributed by atoms with Crippen molar-refractivity contribution >= 4 is 15.9 Å². The van der Waals surface area contributed by atoms with Gasteiger partial charge in [0.1, 0.15) is 0 Å². The number of hydrogen-bond donors (Lipinski definition) is 1. The maximum absolute atomic E-state index is 5.34. The zero-order valence-electron chi connectivity index (χ0n) is 10.9. The Morgan fingerprint density at radius 1 is 1.39 bits per heavy atom. The van der Waals surface area contributed by atoms with Crippen LogP contribution in [0, 0.1) is 0 Å². The first-order chi connectivity index (χ1) is 8.75. The summed E-state index contributed by atoms with van der Waals surface area (Å²) in [5, 5.41) is 3.57. The summed E-state index contributed by atoms with van der Waals surface area (Å²) in [6.07, 6.45) is 0. The van der Waals surface area contributed by atoms with E-state index in [9.17, 15) is 0 Å². The summed E-state index contributed by atoms with van der Waals surface area (Å²) < 4.78 is 6.48. The van der Waals surface area contributed by atoms with Gasteiger partial charge in [-0.1, -0.05) is 28.1 Å². The van der Waals surface area contributed by atoms with Gasteiger partial charge < -0.3 is 10.1 Å². The highest BCUT2D eigenvalue weighted by molar-refractivity contribution is 9.10. The molecule has 1 aliphatic rings. The van der Waals surface area contributed by atoms with E-state index in [1.165, 1.54) is 5.56 Å². The molecule has 4 heteroatoms.